The molecular formula is C22H22F4N4O4. The number of hydrogen-bond donors (Lipinski definition) is 3. The first-order valence-corrected chi connectivity index (χ1v) is 9.90. The zero-order chi connectivity index (χ0) is 25.4. The summed E-state index contributed by atoms with van der Waals surface area (Å²) < 4.78 is 50.3. The molecule has 2 heterocycles. The minimum Gasteiger partial charge on any atom is -0.475 e. The number of carboxylic acid groups (broad SMARTS) is 1. The second kappa shape index (κ2) is 11.4. The highest BCUT2D eigenvalue weighted by Crippen LogP contribution is 2.25. The fraction of sp³-hybridized carbons (Fsp3) is 0.273. The molecule has 1 aromatic carbocycles. The first-order chi connectivity index (χ1) is 15.9. The van der Waals surface area contributed by atoms with Crippen LogP contribution in [0, 0.1) is 5.82 Å². The van der Waals surface area contributed by atoms with Crippen molar-refractivity contribution < 1.29 is 36.8 Å². The van der Waals surface area contributed by atoms with Crippen LogP contribution in [0.4, 0.5) is 17.6 Å². The molecule has 0 amide bonds. The fourth-order valence-corrected chi connectivity index (χ4v) is 2.66. The smallest absolute Gasteiger partial charge is 0.475 e. The van der Waals surface area contributed by atoms with Crippen LogP contribution in [0.15, 0.2) is 59.5 Å². The van der Waals surface area contributed by atoms with Gasteiger partial charge in [-0.1, -0.05) is 29.4 Å². The maximum absolute atomic E-state index is 13.9. The molecule has 8 nitrogen and oxygen atoms in total. The Labute approximate surface area is 191 Å². The van der Waals surface area contributed by atoms with Crippen molar-refractivity contribution in [3.63, 3.8) is 0 Å². The van der Waals surface area contributed by atoms with E-state index in [1.165, 1.54) is 12.3 Å². The van der Waals surface area contributed by atoms with Gasteiger partial charge in [-0.3, -0.25) is 4.79 Å². The molecular weight excluding hydrogens is 460 g/mol. The summed E-state index contributed by atoms with van der Waals surface area (Å²) >= 11 is 0. The third-order valence-corrected chi connectivity index (χ3v) is 4.48. The molecule has 0 spiro atoms. The Morgan fingerprint density at radius 3 is 2.47 bits per heavy atom. The number of nitrogens with one attached hydrogen (secondary N) is 1. The Bertz CT molecular complexity index is 1120. The molecule has 1 atom stereocenters. The summed E-state index contributed by atoms with van der Waals surface area (Å²) in [6, 6.07) is 8.02. The molecule has 0 saturated heterocycles. The third kappa shape index (κ3) is 7.66. The van der Waals surface area contributed by atoms with Crippen molar-refractivity contribution >= 4 is 11.8 Å². The Balaban J connectivity index is 0.000000509. The molecule has 0 aliphatic carbocycles. The van der Waals surface area contributed by atoms with Gasteiger partial charge in [-0.15, -0.1) is 0 Å². The Morgan fingerprint density at radius 1 is 1.21 bits per heavy atom. The molecule has 4 N–H and O–H groups in total. The zero-order valence-corrected chi connectivity index (χ0v) is 18.0. The number of allylic oxidation sites excluding steroid dienone is 1. The number of aromatic amines is 1. The summed E-state index contributed by atoms with van der Waals surface area (Å²) in [5, 5.41) is 10.7. The van der Waals surface area contributed by atoms with Gasteiger partial charge >= 0.3 is 12.1 Å². The summed E-state index contributed by atoms with van der Waals surface area (Å²) in [6.07, 6.45) is 3.23. The number of rotatable bonds is 8. The molecule has 3 rings (SSSR count). The molecule has 0 radical (unpaired) electrons. The highest BCUT2D eigenvalue weighted by Gasteiger charge is 2.38. The second-order valence-corrected chi connectivity index (χ2v) is 7.36. The number of carbonyl (C=O) groups excluding carboxylic acids is 1. The number of aromatic nitrogens is 3. The van der Waals surface area contributed by atoms with E-state index < -0.39 is 17.7 Å². The van der Waals surface area contributed by atoms with Gasteiger partial charge in [0.15, 0.2) is 5.78 Å². The average Bonchev–Trinajstić information content (AvgIpc) is 3.46. The zero-order valence-electron chi connectivity index (χ0n) is 18.0. The Kier molecular flexibility index (Phi) is 8.84. The number of aliphatic carboxylic acids is 1. The molecule has 182 valence electrons. The lowest BCUT2D eigenvalue weighted by Crippen LogP contribution is -2.33. The van der Waals surface area contributed by atoms with Crippen LogP contribution in [0.5, 0.6) is 0 Å². The molecule has 34 heavy (non-hydrogen) atoms. The van der Waals surface area contributed by atoms with E-state index in [0.717, 1.165) is 0 Å². The quantitative estimate of drug-likeness (QED) is 0.242. The number of benzene rings is 1. The molecule has 2 aromatic heterocycles. The lowest BCUT2D eigenvalue weighted by atomic mass is 9.98. The topological polar surface area (TPSA) is 135 Å². The monoisotopic (exact) mass is 482 g/mol. The van der Waals surface area contributed by atoms with Crippen LogP contribution in [-0.2, 0) is 10.3 Å². The van der Waals surface area contributed by atoms with Gasteiger partial charge in [-0.2, -0.15) is 13.2 Å². The number of halogens is 4. The molecule has 0 fully saturated rings. The minimum absolute atomic E-state index is 0.0653. The maximum Gasteiger partial charge on any atom is 0.490 e. The molecule has 0 aliphatic rings. The van der Waals surface area contributed by atoms with Crippen molar-refractivity contribution in [2.24, 2.45) is 5.73 Å². The van der Waals surface area contributed by atoms with E-state index in [-0.39, 0.29) is 11.6 Å². The van der Waals surface area contributed by atoms with Crippen molar-refractivity contribution in [3.8, 4) is 11.3 Å². The van der Waals surface area contributed by atoms with Gasteiger partial charge in [0, 0.05) is 24.2 Å². The summed E-state index contributed by atoms with van der Waals surface area (Å²) in [5.41, 5.74) is 6.90. The first-order valence-electron chi connectivity index (χ1n) is 9.90. The Hall–Kier alpha value is -3.80. The van der Waals surface area contributed by atoms with Crippen molar-refractivity contribution in [2.45, 2.75) is 37.9 Å². The third-order valence-electron chi connectivity index (χ3n) is 4.48. The van der Waals surface area contributed by atoms with E-state index in [4.69, 9.17) is 15.6 Å². The van der Waals surface area contributed by atoms with E-state index in [1.807, 2.05) is 19.1 Å². The number of Topliss-reactive ketones (excluding diaryl/α,β-unsaturated/α-hetero) is 1. The van der Waals surface area contributed by atoms with Crippen LogP contribution in [0.2, 0.25) is 0 Å². The van der Waals surface area contributed by atoms with Crippen molar-refractivity contribution in [2.75, 3.05) is 0 Å². The summed E-state index contributed by atoms with van der Waals surface area (Å²) in [6.45, 7) is 1.85. The van der Waals surface area contributed by atoms with Gasteiger partial charge in [0.2, 0.25) is 0 Å². The number of nitrogens with two attached hydrogens (primary N) is 1. The van der Waals surface area contributed by atoms with Crippen molar-refractivity contribution in [3.05, 3.63) is 72.3 Å². The van der Waals surface area contributed by atoms with Crippen molar-refractivity contribution in [1.82, 2.24) is 15.1 Å². The standard InChI is InChI=1S/C20H21FN4O2.C2HF3O2/c1-20(22,11-6-2-3-9-18(26)16-10-12-27-25-16)19-23-13-17(24-19)14-7-4-5-8-15(14)21;3-2(4,5)1(6)7/h2,4-8,10,12-13H,3,9,11,22H2,1H3,(H,23,24);(H,6,7)/b6-2+;. The predicted octanol–water partition coefficient (Wildman–Crippen LogP) is 4.62. The number of imidazole rings is 1. The number of nitrogens with zero attached hydrogens (tertiary/aromatic N) is 2. The van der Waals surface area contributed by atoms with Gasteiger partial charge in [0.25, 0.3) is 0 Å². The Morgan fingerprint density at radius 2 is 1.88 bits per heavy atom. The van der Waals surface area contributed by atoms with Gasteiger partial charge < -0.3 is 20.3 Å². The normalized spacial score (nSPS) is 13.2. The van der Waals surface area contributed by atoms with Gasteiger partial charge in [-0.25, -0.2) is 14.2 Å². The number of carboxylic acids is 1. The van der Waals surface area contributed by atoms with Crippen LogP contribution in [0.1, 0.15) is 42.5 Å². The largest absolute Gasteiger partial charge is 0.490 e. The highest BCUT2D eigenvalue weighted by atomic mass is 19.4. The van der Waals surface area contributed by atoms with E-state index in [2.05, 4.69) is 19.6 Å². The first kappa shape index (κ1) is 26.5. The average molecular weight is 482 g/mol. The van der Waals surface area contributed by atoms with E-state index in [9.17, 15) is 22.4 Å². The lowest BCUT2D eigenvalue weighted by molar-refractivity contribution is -0.192. The summed E-state index contributed by atoms with van der Waals surface area (Å²) in [5.74, 6) is -2.58. The number of H-pyrrole nitrogens is 1. The van der Waals surface area contributed by atoms with E-state index in [0.29, 0.717) is 42.0 Å². The number of ketones is 1. The molecule has 1 unspecified atom stereocenters. The molecule has 0 bridgehead atoms. The van der Waals surface area contributed by atoms with Gasteiger partial charge in [0.1, 0.15) is 23.6 Å². The number of alkyl halides is 3. The van der Waals surface area contributed by atoms with Crippen LogP contribution in [-0.4, -0.2) is 38.2 Å². The SMILES string of the molecule is CC(N)(C/C=C/CCC(=O)c1ccon1)c1nc(-c2ccccc2F)c[nH]1.O=C(O)C(F)(F)F. The fourth-order valence-electron chi connectivity index (χ4n) is 2.66. The molecule has 3 aromatic rings. The molecule has 0 saturated carbocycles. The maximum atomic E-state index is 13.9. The van der Waals surface area contributed by atoms with Crippen LogP contribution in [0.25, 0.3) is 11.3 Å². The molecule has 12 heteroatoms. The van der Waals surface area contributed by atoms with E-state index >= 15 is 0 Å². The molecule has 0 aliphatic heterocycles. The summed E-state index contributed by atoms with van der Waals surface area (Å²) in [7, 11) is 0. The van der Waals surface area contributed by atoms with E-state index in [1.54, 1.807) is 30.5 Å². The lowest BCUT2D eigenvalue weighted by Gasteiger charge is -2.20. The summed E-state index contributed by atoms with van der Waals surface area (Å²) in [4.78, 5) is 28.2. The highest BCUT2D eigenvalue weighted by molar-refractivity contribution is 5.93. The minimum atomic E-state index is -5.08. The van der Waals surface area contributed by atoms with Crippen LogP contribution in [0.3, 0.4) is 0 Å². The number of hydrogen-bond acceptors (Lipinski definition) is 6. The van der Waals surface area contributed by atoms with Gasteiger partial charge in [0.05, 0.1) is 11.2 Å². The predicted molar refractivity (Wildman–Crippen MR) is 113 cm³/mol. The number of carbonyl (C=O) groups is 2. The second-order valence-electron chi connectivity index (χ2n) is 7.36. The van der Waals surface area contributed by atoms with Crippen LogP contribution < -0.4 is 5.73 Å². The van der Waals surface area contributed by atoms with Crippen LogP contribution >= 0.6 is 0 Å². The van der Waals surface area contributed by atoms with Gasteiger partial charge in [-0.05, 0) is 31.9 Å². The van der Waals surface area contributed by atoms with Crippen molar-refractivity contribution in [1.29, 1.82) is 0 Å².